The van der Waals surface area contributed by atoms with Gasteiger partial charge in [0.05, 0.1) is 11.7 Å². The number of hydrogen-bond donors (Lipinski definition) is 0. The first-order valence-electron chi connectivity index (χ1n) is 6.50. The molecule has 2 aliphatic carbocycles. The second-order valence-electron chi connectivity index (χ2n) is 5.24. The van der Waals surface area contributed by atoms with Gasteiger partial charge in [0.1, 0.15) is 0 Å². The summed E-state index contributed by atoms with van der Waals surface area (Å²) in [6, 6.07) is 0. The van der Waals surface area contributed by atoms with E-state index in [0.29, 0.717) is 0 Å². The van der Waals surface area contributed by atoms with Gasteiger partial charge in [-0.3, -0.25) is 0 Å². The Balaban J connectivity index is 2.20. The summed E-state index contributed by atoms with van der Waals surface area (Å²) in [4.78, 5) is 0. The highest BCUT2D eigenvalue weighted by Crippen LogP contribution is 2.37. The molecular formula is C16H22O. The van der Waals surface area contributed by atoms with Crippen LogP contribution in [-0.2, 0) is 4.74 Å². The molecule has 17 heavy (non-hydrogen) atoms. The molecule has 0 bridgehead atoms. The highest BCUT2D eigenvalue weighted by atomic mass is 16.5. The Morgan fingerprint density at radius 2 is 2.18 bits per heavy atom. The predicted molar refractivity (Wildman–Crippen MR) is 72.9 cm³/mol. The van der Waals surface area contributed by atoms with Crippen LogP contribution in [-0.4, -0.2) is 11.7 Å². The van der Waals surface area contributed by atoms with Crippen LogP contribution < -0.4 is 0 Å². The van der Waals surface area contributed by atoms with E-state index in [9.17, 15) is 0 Å². The van der Waals surface area contributed by atoms with Crippen LogP contribution in [0.2, 0.25) is 0 Å². The van der Waals surface area contributed by atoms with Gasteiger partial charge in [0, 0.05) is 6.42 Å². The molecule has 0 aliphatic heterocycles. The van der Waals surface area contributed by atoms with Crippen LogP contribution in [0.25, 0.3) is 0 Å². The summed E-state index contributed by atoms with van der Waals surface area (Å²) in [6.45, 7) is 6.42. The average molecular weight is 230 g/mol. The van der Waals surface area contributed by atoms with Gasteiger partial charge >= 0.3 is 0 Å². The minimum Gasteiger partial charge on any atom is -0.367 e. The third-order valence-electron chi connectivity index (χ3n) is 3.45. The predicted octanol–water partition coefficient (Wildman–Crippen LogP) is 4.33. The van der Waals surface area contributed by atoms with E-state index in [1.54, 1.807) is 0 Å². The van der Waals surface area contributed by atoms with Gasteiger partial charge in [0.15, 0.2) is 0 Å². The molecule has 0 aromatic heterocycles. The van der Waals surface area contributed by atoms with Crippen molar-refractivity contribution in [3.63, 3.8) is 0 Å². The molecule has 1 heteroatoms. The molecule has 92 valence electrons. The summed E-state index contributed by atoms with van der Waals surface area (Å²) in [5.74, 6) is 0. The number of hydrogen-bond acceptors (Lipinski definition) is 1. The van der Waals surface area contributed by atoms with Crippen LogP contribution >= 0.6 is 0 Å². The second kappa shape index (κ2) is 5.05. The lowest BCUT2D eigenvalue weighted by Gasteiger charge is -2.38. The summed E-state index contributed by atoms with van der Waals surface area (Å²) < 4.78 is 6.26. The Morgan fingerprint density at radius 3 is 2.76 bits per heavy atom. The lowest BCUT2D eigenvalue weighted by atomic mass is 9.81. The maximum Gasteiger partial charge on any atom is 0.0969 e. The molecule has 2 rings (SSSR count). The van der Waals surface area contributed by atoms with Crippen LogP contribution in [0, 0.1) is 0 Å². The lowest BCUT2D eigenvalue weighted by molar-refractivity contribution is -0.0530. The molecule has 2 aliphatic rings. The molecule has 0 saturated heterocycles. The Kier molecular flexibility index (Phi) is 3.68. The summed E-state index contributed by atoms with van der Waals surface area (Å²) in [5.41, 5.74) is 2.63. The molecule has 0 aromatic rings. The van der Waals surface area contributed by atoms with E-state index < -0.39 is 0 Å². The molecule has 0 aromatic carbocycles. The van der Waals surface area contributed by atoms with Crippen molar-refractivity contribution in [3.05, 3.63) is 47.6 Å². The Bertz CT molecular complexity index is 396. The smallest absolute Gasteiger partial charge is 0.0969 e. The van der Waals surface area contributed by atoms with E-state index in [1.807, 2.05) is 0 Å². The maximum absolute atomic E-state index is 6.26. The fraction of sp³-hybridized carbons (Fsp3) is 0.500. The molecule has 1 nitrogen and oxygen atoms in total. The summed E-state index contributed by atoms with van der Waals surface area (Å²) >= 11 is 0. The molecule has 0 saturated carbocycles. The normalized spacial score (nSPS) is 27.5. The number of allylic oxidation sites excluding steroid dienone is 5. The molecular weight excluding hydrogens is 208 g/mol. The molecule has 0 radical (unpaired) electrons. The van der Waals surface area contributed by atoms with Crippen LogP contribution in [0.15, 0.2) is 47.6 Å². The van der Waals surface area contributed by atoms with Gasteiger partial charge in [-0.15, -0.1) is 0 Å². The van der Waals surface area contributed by atoms with E-state index in [4.69, 9.17) is 4.74 Å². The molecule has 1 atom stereocenters. The van der Waals surface area contributed by atoms with Gasteiger partial charge in [0.2, 0.25) is 0 Å². The first kappa shape index (κ1) is 12.4. The maximum atomic E-state index is 6.26. The molecule has 0 heterocycles. The van der Waals surface area contributed by atoms with Crippen molar-refractivity contribution < 1.29 is 4.74 Å². The van der Waals surface area contributed by atoms with Crippen LogP contribution in [0.5, 0.6) is 0 Å². The molecule has 1 unspecified atom stereocenters. The molecule has 0 N–H and O–H groups in total. The SMILES string of the molecule is CC1=CC=CCC1(CC1=CCC=C1)OC(C)C. The zero-order chi connectivity index (χ0) is 12.3. The Hall–Kier alpha value is -1.08. The average Bonchev–Trinajstić information content (AvgIpc) is 2.74. The molecule has 0 amide bonds. The van der Waals surface area contributed by atoms with Gasteiger partial charge in [-0.25, -0.2) is 0 Å². The molecule has 0 fully saturated rings. The van der Waals surface area contributed by atoms with Crippen molar-refractivity contribution in [3.8, 4) is 0 Å². The topological polar surface area (TPSA) is 9.23 Å². The van der Waals surface area contributed by atoms with E-state index >= 15 is 0 Å². The largest absolute Gasteiger partial charge is 0.367 e. The van der Waals surface area contributed by atoms with Gasteiger partial charge in [-0.2, -0.15) is 0 Å². The number of ether oxygens (including phenoxy) is 1. The van der Waals surface area contributed by atoms with Crippen molar-refractivity contribution >= 4 is 0 Å². The second-order valence-corrected chi connectivity index (χ2v) is 5.24. The van der Waals surface area contributed by atoms with Crippen LogP contribution in [0.3, 0.4) is 0 Å². The quantitative estimate of drug-likeness (QED) is 0.698. The monoisotopic (exact) mass is 230 g/mol. The van der Waals surface area contributed by atoms with E-state index in [0.717, 1.165) is 19.3 Å². The lowest BCUT2D eigenvalue weighted by Crippen LogP contribution is -2.37. The Labute approximate surface area is 105 Å². The fourth-order valence-electron chi connectivity index (χ4n) is 2.60. The van der Waals surface area contributed by atoms with E-state index in [2.05, 4.69) is 57.2 Å². The van der Waals surface area contributed by atoms with Crippen molar-refractivity contribution in [2.45, 2.75) is 51.7 Å². The highest BCUT2D eigenvalue weighted by Gasteiger charge is 2.34. The minimum atomic E-state index is -0.122. The van der Waals surface area contributed by atoms with E-state index in [-0.39, 0.29) is 11.7 Å². The highest BCUT2D eigenvalue weighted by molar-refractivity contribution is 5.35. The first-order chi connectivity index (χ1) is 8.12. The van der Waals surface area contributed by atoms with Crippen molar-refractivity contribution in [2.75, 3.05) is 0 Å². The van der Waals surface area contributed by atoms with Gasteiger partial charge in [-0.05, 0) is 44.8 Å². The third kappa shape index (κ3) is 2.78. The van der Waals surface area contributed by atoms with Crippen LogP contribution in [0.4, 0.5) is 0 Å². The van der Waals surface area contributed by atoms with E-state index in [1.165, 1.54) is 11.1 Å². The van der Waals surface area contributed by atoms with Crippen molar-refractivity contribution in [1.82, 2.24) is 0 Å². The van der Waals surface area contributed by atoms with Crippen molar-refractivity contribution in [1.29, 1.82) is 0 Å². The molecule has 0 spiro atoms. The summed E-state index contributed by atoms with van der Waals surface area (Å²) in [5, 5.41) is 0. The Morgan fingerprint density at radius 1 is 1.35 bits per heavy atom. The third-order valence-corrected chi connectivity index (χ3v) is 3.45. The first-order valence-corrected chi connectivity index (χ1v) is 6.50. The standard InChI is InChI=1S/C16H22O/c1-13(2)17-16(11-7-6-8-14(16)3)12-15-9-4-5-10-15/h4,6-10,13H,5,11-12H2,1-3H3. The van der Waals surface area contributed by atoms with Gasteiger partial charge in [-0.1, -0.05) is 36.5 Å². The summed E-state index contributed by atoms with van der Waals surface area (Å²) in [6.07, 6.45) is 16.6. The minimum absolute atomic E-state index is 0.122. The van der Waals surface area contributed by atoms with Crippen molar-refractivity contribution in [2.24, 2.45) is 0 Å². The number of rotatable bonds is 4. The zero-order valence-corrected chi connectivity index (χ0v) is 11.1. The zero-order valence-electron chi connectivity index (χ0n) is 11.1. The fourth-order valence-corrected chi connectivity index (χ4v) is 2.60. The van der Waals surface area contributed by atoms with Crippen LogP contribution in [0.1, 0.15) is 40.0 Å². The summed E-state index contributed by atoms with van der Waals surface area (Å²) in [7, 11) is 0. The van der Waals surface area contributed by atoms with Gasteiger partial charge in [0.25, 0.3) is 0 Å². The van der Waals surface area contributed by atoms with Gasteiger partial charge < -0.3 is 4.74 Å².